The van der Waals surface area contributed by atoms with E-state index >= 15 is 0 Å². The fourth-order valence-electron chi connectivity index (χ4n) is 2.39. The molecule has 0 saturated carbocycles. The highest BCUT2D eigenvalue weighted by molar-refractivity contribution is 6.30. The molecule has 20 heavy (non-hydrogen) atoms. The molecule has 1 aromatic carbocycles. The molecular formula is C14H17ClN2O3. The maximum Gasteiger partial charge on any atom is 0.317 e. The van der Waals surface area contributed by atoms with Crippen molar-refractivity contribution in [3.8, 4) is 0 Å². The molecule has 2 N–H and O–H groups in total. The van der Waals surface area contributed by atoms with E-state index in [0.29, 0.717) is 18.1 Å². The van der Waals surface area contributed by atoms with Gasteiger partial charge in [-0.05, 0) is 23.6 Å². The van der Waals surface area contributed by atoms with Crippen molar-refractivity contribution >= 4 is 23.6 Å². The van der Waals surface area contributed by atoms with Gasteiger partial charge in [-0.1, -0.05) is 30.7 Å². The number of likely N-dealkylation sites (tertiary alicyclic amines) is 1. The summed E-state index contributed by atoms with van der Waals surface area (Å²) in [5.74, 6) is -1.35. The lowest BCUT2D eigenvalue weighted by atomic mass is 9.99. The van der Waals surface area contributed by atoms with Gasteiger partial charge in [0.05, 0.1) is 5.92 Å². The van der Waals surface area contributed by atoms with E-state index < -0.39 is 11.9 Å². The summed E-state index contributed by atoms with van der Waals surface area (Å²) in [5, 5.41) is 12.5. The van der Waals surface area contributed by atoms with Gasteiger partial charge in [-0.3, -0.25) is 4.79 Å². The van der Waals surface area contributed by atoms with Crippen LogP contribution in [0.2, 0.25) is 5.02 Å². The lowest BCUT2D eigenvalue weighted by Crippen LogP contribution is -2.38. The van der Waals surface area contributed by atoms with Crippen molar-refractivity contribution in [2.75, 3.05) is 13.1 Å². The number of hydrogen-bond acceptors (Lipinski definition) is 2. The lowest BCUT2D eigenvalue weighted by molar-refractivity contribution is -0.142. The summed E-state index contributed by atoms with van der Waals surface area (Å²) in [6.45, 7) is 2.96. The maximum atomic E-state index is 12.0. The number of carbonyl (C=O) groups excluding carboxylic acids is 1. The molecule has 0 radical (unpaired) electrons. The van der Waals surface area contributed by atoms with Crippen molar-refractivity contribution in [3.63, 3.8) is 0 Å². The smallest absolute Gasteiger partial charge is 0.317 e. The van der Waals surface area contributed by atoms with Crippen molar-refractivity contribution in [1.29, 1.82) is 0 Å². The number of carbonyl (C=O) groups is 2. The van der Waals surface area contributed by atoms with Gasteiger partial charge in [0.25, 0.3) is 0 Å². The molecule has 0 aromatic heterocycles. The topological polar surface area (TPSA) is 69.6 Å². The molecule has 108 valence electrons. The Kier molecular flexibility index (Phi) is 4.49. The van der Waals surface area contributed by atoms with Gasteiger partial charge in [-0.25, -0.2) is 4.79 Å². The first-order valence-electron chi connectivity index (χ1n) is 6.47. The molecule has 2 amide bonds. The number of amides is 2. The van der Waals surface area contributed by atoms with Gasteiger partial charge in [-0.2, -0.15) is 0 Å². The molecular weight excluding hydrogens is 280 g/mol. The van der Waals surface area contributed by atoms with Crippen molar-refractivity contribution in [3.05, 3.63) is 34.9 Å². The molecule has 0 spiro atoms. The minimum atomic E-state index is -0.845. The molecule has 6 heteroatoms. The zero-order valence-corrected chi connectivity index (χ0v) is 11.9. The second-order valence-corrected chi connectivity index (χ2v) is 5.55. The van der Waals surface area contributed by atoms with Crippen LogP contribution < -0.4 is 5.32 Å². The Hall–Kier alpha value is -1.75. The predicted octanol–water partition coefficient (Wildman–Crippen LogP) is 2.20. The molecule has 1 heterocycles. The van der Waals surface area contributed by atoms with E-state index in [1.165, 1.54) is 0 Å². The number of nitrogens with one attached hydrogen (secondary N) is 1. The van der Waals surface area contributed by atoms with E-state index in [1.807, 2.05) is 19.1 Å². The largest absolute Gasteiger partial charge is 0.481 e. The second-order valence-electron chi connectivity index (χ2n) is 5.12. The molecule has 1 fully saturated rings. The molecule has 0 aliphatic carbocycles. The van der Waals surface area contributed by atoms with Gasteiger partial charge in [0, 0.05) is 24.7 Å². The summed E-state index contributed by atoms with van der Waals surface area (Å²) >= 11 is 5.87. The highest BCUT2D eigenvalue weighted by Gasteiger charge is 2.36. The average Bonchev–Trinajstić information content (AvgIpc) is 2.78. The normalized spacial score (nSPS) is 21.8. The number of rotatable bonds is 3. The molecule has 0 bridgehead atoms. The number of benzene rings is 1. The quantitative estimate of drug-likeness (QED) is 0.898. The van der Waals surface area contributed by atoms with E-state index in [-0.39, 0.29) is 18.5 Å². The van der Waals surface area contributed by atoms with Crippen LogP contribution in [-0.2, 0) is 11.3 Å². The van der Waals surface area contributed by atoms with Crippen molar-refractivity contribution in [1.82, 2.24) is 10.2 Å². The fraction of sp³-hybridized carbons (Fsp3) is 0.429. The molecule has 2 atom stereocenters. The Morgan fingerprint density at radius 3 is 2.80 bits per heavy atom. The summed E-state index contributed by atoms with van der Waals surface area (Å²) in [6, 6.07) is 7.02. The third kappa shape index (κ3) is 3.42. The third-order valence-electron chi connectivity index (χ3n) is 3.55. The Balaban J connectivity index is 1.88. The van der Waals surface area contributed by atoms with Crippen LogP contribution in [0.5, 0.6) is 0 Å². The van der Waals surface area contributed by atoms with Gasteiger partial charge >= 0.3 is 12.0 Å². The standard InChI is InChI=1S/C14H17ClN2O3/c1-9-7-17(8-12(9)13(18)19)14(20)16-6-10-3-2-4-11(15)5-10/h2-5,9,12H,6-8H2,1H3,(H,16,20)(H,18,19). The SMILES string of the molecule is CC1CN(C(=O)NCc2cccc(Cl)c2)CC1C(=O)O. The van der Waals surface area contributed by atoms with Crippen LogP contribution in [0.25, 0.3) is 0 Å². The van der Waals surface area contributed by atoms with Crippen LogP contribution >= 0.6 is 11.6 Å². The number of nitrogens with zero attached hydrogens (tertiary/aromatic N) is 1. The number of aliphatic carboxylic acids is 1. The number of carboxylic acids is 1. The first-order chi connectivity index (χ1) is 9.47. The van der Waals surface area contributed by atoms with Gasteiger partial charge in [0.1, 0.15) is 0 Å². The van der Waals surface area contributed by atoms with Gasteiger partial charge in [-0.15, -0.1) is 0 Å². The Morgan fingerprint density at radius 1 is 1.45 bits per heavy atom. The highest BCUT2D eigenvalue weighted by Crippen LogP contribution is 2.23. The highest BCUT2D eigenvalue weighted by atomic mass is 35.5. The maximum absolute atomic E-state index is 12.0. The Labute approximate surface area is 122 Å². The van der Waals surface area contributed by atoms with Crippen LogP contribution in [0.3, 0.4) is 0 Å². The number of urea groups is 1. The average molecular weight is 297 g/mol. The summed E-state index contributed by atoms with van der Waals surface area (Å²) in [6.07, 6.45) is 0. The van der Waals surface area contributed by atoms with Crippen LogP contribution in [0.4, 0.5) is 4.79 Å². The second kappa shape index (κ2) is 6.13. The zero-order chi connectivity index (χ0) is 14.7. The van der Waals surface area contributed by atoms with Crippen molar-refractivity contribution in [2.45, 2.75) is 13.5 Å². The molecule has 1 aromatic rings. The van der Waals surface area contributed by atoms with E-state index in [2.05, 4.69) is 5.32 Å². The number of halogens is 1. The van der Waals surface area contributed by atoms with Gasteiger partial charge < -0.3 is 15.3 Å². The van der Waals surface area contributed by atoms with E-state index in [1.54, 1.807) is 17.0 Å². The molecule has 5 nitrogen and oxygen atoms in total. The molecule has 1 aliphatic heterocycles. The van der Waals surface area contributed by atoms with Crippen LogP contribution in [0.15, 0.2) is 24.3 Å². The third-order valence-corrected chi connectivity index (χ3v) is 3.78. The monoisotopic (exact) mass is 296 g/mol. The predicted molar refractivity (Wildman–Crippen MR) is 75.6 cm³/mol. The molecule has 1 aliphatic rings. The van der Waals surface area contributed by atoms with Crippen molar-refractivity contribution in [2.24, 2.45) is 11.8 Å². The first kappa shape index (κ1) is 14.7. The number of hydrogen-bond donors (Lipinski definition) is 2. The van der Waals surface area contributed by atoms with Gasteiger partial charge in [0.15, 0.2) is 0 Å². The summed E-state index contributed by atoms with van der Waals surface area (Å²) in [4.78, 5) is 24.6. The van der Waals surface area contributed by atoms with E-state index in [4.69, 9.17) is 16.7 Å². The van der Waals surface area contributed by atoms with Crippen LogP contribution in [0, 0.1) is 11.8 Å². The van der Waals surface area contributed by atoms with Gasteiger partial charge in [0.2, 0.25) is 0 Å². The molecule has 2 rings (SSSR count). The Bertz CT molecular complexity index is 521. The number of carboxylic acid groups (broad SMARTS) is 1. The summed E-state index contributed by atoms with van der Waals surface area (Å²) < 4.78 is 0. The van der Waals surface area contributed by atoms with Crippen LogP contribution in [0.1, 0.15) is 12.5 Å². The molecule has 2 unspecified atom stereocenters. The zero-order valence-electron chi connectivity index (χ0n) is 11.2. The van der Waals surface area contributed by atoms with Crippen molar-refractivity contribution < 1.29 is 14.7 Å². The van der Waals surface area contributed by atoms with Crippen LogP contribution in [-0.4, -0.2) is 35.1 Å². The minimum Gasteiger partial charge on any atom is -0.481 e. The lowest BCUT2D eigenvalue weighted by Gasteiger charge is -2.17. The Morgan fingerprint density at radius 2 is 2.20 bits per heavy atom. The van der Waals surface area contributed by atoms with E-state index in [9.17, 15) is 9.59 Å². The van der Waals surface area contributed by atoms with E-state index in [0.717, 1.165) is 5.56 Å². The summed E-state index contributed by atoms with van der Waals surface area (Å²) in [7, 11) is 0. The first-order valence-corrected chi connectivity index (χ1v) is 6.85. The summed E-state index contributed by atoms with van der Waals surface area (Å²) in [5.41, 5.74) is 0.910. The minimum absolute atomic E-state index is 0.0237. The molecule has 1 saturated heterocycles. The fourth-order valence-corrected chi connectivity index (χ4v) is 2.60.